The summed E-state index contributed by atoms with van der Waals surface area (Å²) in [6, 6.07) is 80.0. The standard InChI is InChI=1S/C64H36N6/c1-66-58-51(38-65)61(67-52-28-12-6-22-43(52)44-23-7-13-29-53(44)67)63(69-56-32-16-10-26-47(56)49-36-34-39-18-2-4-20-41(39)59(49)69)64(62(58)68-54-30-14-8-24-45(54)46-25-9-15-31-55(46)68)70-57-33-17-11-27-48(57)50-37-35-40-19-3-5-21-42(40)60(50)70/h2-37H. The Kier molecular flexibility index (Phi) is 7.82. The minimum Gasteiger partial charge on any atom is -0.317 e. The van der Waals surface area contributed by atoms with Gasteiger partial charge in [-0.1, -0.05) is 182 Å². The molecule has 0 saturated carbocycles. The monoisotopic (exact) mass is 888 g/mol. The van der Waals surface area contributed by atoms with Gasteiger partial charge >= 0.3 is 0 Å². The van der Waals surface area contributed by atoms with Crippen molar-refractivity contribution in [1.29, 1.82) is 5.26 Å². The summed E-state index contributed by atoms with van der Waals surface area (Å²) in [5.41, 5.74) is 11.1. The molecular weight excluding hydrogens is 853 g/mol. The molecule has 0 unspecified atom stereocenters. The minimum absolute atomic E-state index is 0.265. The number of nitriles is 1. The third-order valence-electron chi connectivity index (χ3n) is 14.8. The van der Waals surface area contributed by atoms with Crippen LogP contribution in [0.15, 0.2) is 218 Å². The normalized spacial score (nSPS) is 12.0. The molecule has 0 radical (unpaired) electrons. The topological polar surface area (TPSA) is 47.9 Å². The predicted molar refractivity (Wildman–Crippen MR) is 290 cm³/mol. The van der Waals surface area contributed by atoms with Gasteiger partial charge in [-0.2, -0.15) is 5.26 Å². The third-order valence-corrected chi connectivity index (χ3v) is 14.8. The van der Waals surface area contributed by atoms with Crippen LogP contribution in [0.3, 0.4) is 0 Å². The van der Waals surface area contributed by atoms with Gasteiger partial charge in [0.05, 0.1) is 85.1 Å². The van der Waals surface area contributed by atoms with E-state index in [-0.39, 0.29) is 11.3 Å². The molecule has 4 heterocycles. The Morgan fingerprint density at radius 3 is 0.971 bits per heavy atom. The van der Waals surface area contributed by atoms with Crippen molar-refractivity contribution in [3.8, 4) is 28.8 Å². The molecule has 322 valence electrons. The zero-order valence-corrected chi connectivity index (χ0v) is 37.5. The molecule has 0 fully saturated rings. The maximum atomic E-state index is 12.2. The van der Waals surface area contributed by atoms with Gasteiger partial charge in [0.25, 0.3) is 0 Å². The molecule has 0 bridgehead atoms. The third kappa shape index (κ3) is 4.93. The molecule has 0 N–H and O–H groups in total. The van der Waals surface area contributed by atoms with Crippen LogP contribution in [0.2, 0.25) is 0 Å². The number of hydrogen-bond acceptors (Lipinski definition) is 1. The zero-order valence-electron chi connectivity index (χ0n) is 37.5. The lowest BCUT2D eigenvalue weighted by atomic mass is 10.0. The van der Waals surface area contributed by atoms with Gasteiger partial charge in [-0.05, 0) is 47.2 Å². The van der Waals surface area contributed by atoms with Crippen LogP contribution in [0.5, 0.6) is 0 Å². The Bertz CT molecular complexity index is 4450. The van der Waals surface area contributed by atoms with Gasteiger partial charge in [0.2, 0.25) is 5.69 Å². The summed E-state index contributed by atoms with van der Waals surface area (Å²) in [6.45, 7) is 9.53. The highest BCUT2D eigenvalue weighted by molar-refractivity contribution is 6.23. The van der Waals surface area contributed by atoms with Crippen molar-refractivity contribution >= 4 is 114 Å². The van der Waals surface area contributed by atoms with E-state index in [1.165, 1.54) is 0 Å². The van der Waals surface area contributed by atoms with Gasteiger partial charge in [-0.25, -0.2) is 4.85 Å². The highest BCUT2D eigenvalue weighted by Gasteiger charge is 2.35. The molecule has 0 atom stereocenters. The molecule has 6 nitrogen and oxygen atoms in total. The van der Waals surface area contributed by atoms with Gasteiger partial charge < -0.3 is 18.3 Å². The molecule has 4 aromatic heterocycles. The van der Waals surface area contributed by atoms with Gasteiger partial charge in [-0.3, -0.25) is 0 Å². The van der Waals surface area contributed by atoms with Crippen LogP contribution in [-0.2, 0) is 0 Å². The summed E-state index contributed by atoms with van der Waals surface area (Å²) in [5, 5.41) is 25.2. The molecular formula is C64H36N6. The van der Waals surface area contributed by atoms with Crippen molar-refractivity contribution in [2.45, 2.75) is 0 Å². The Morgan fingerprint density at radius 2 is 0.600 bits per heavy atom. The van der Waals surface area contributed by atoms with Gasteiger partial charge in [-0.15, -0.1) is 0 Å². The minimum atomic E-state index is 0.265. The largest absolute Gasteiger partial charge is 0.317 e. The van der Waals surface area contributed by atoms with E-state index in [1.807, 2.05) is 0 Å². The van der Waals surface area contributed by atoms with E-state index in [2.05, 4.69) is 248 Å². The van der Waals surface area contributed by atoms with E-state index in [1.54, 1.807) is 0 Å². The van der Waals surface area contributed by atoms with Crippen molar-refractivity contribution < 1.29 is 0 Å². The van der Waals surface area contributed by atoms with Crippen molar-refractivity contribution in [2.75, 3.05) is 0 Å². The number of nitrogens with zero attached hydrogens (tertiary/aromatic N) is 6. The lowest BCUT2D eigenvalue weighted by Crippen LogP contribution is -2.15. The van der Waals surface area contributed by atoms with Crippen LogP contribution in [0.1, 0.15) is 5.56 Å². The van der Waals surface area contributed by atoms with Crippen LogP contribution < -0.4 is 0 Å². The first kappa shape index (κ1) is 38.2. The zero-order chi connectivity index (χ0) is 46.2. The highest BCUT2D eigenvalue weighted by atomic mass is 15.2. The Morgan fingerprint density at radius 1 is 0.300 bits per heavy atom. The molecule has 0 aliphatic heterocycles. The quantitative estimate of drug-likeness (QED) is 0.162. The maximum Gasteiger partial charge on any atom is 0.232 e. The SMILES string of the molecule is [C-]#[N+]c1c(C#N)c(-n2c3ccccc3c3ccccc32)c(-n2c3ccccc3c3ccc4ccccc4c32)c(-n2c3ccccc3c3ccc4ccccc4c32)c1-n1c2ccccc2c2ccccc21. The average molecular weight is 889 g/mol. The molecule has 6 heteroatoms. The summed E-state index contributed by atoms with van der Waals surface area (Å²) in [4.78, 5) is 4.60. The van der Waals surface area contributed by atoms with Gasteiger partial charge in [0.15, 0.2) is 0 Å². The first-order chi connectivity index (χ1) is 34.7. The number of para-hydroxylation sites is 6. The van der Waals surface area contributed by atoms with Crippen LogP contribution in [0.4, 0.5) is 5.69 Å². The molecule has 0 amide bonds. The highest BCUT2D eigenvalue weighted by Crippen LogP contribution is 2.52. The van der Waals surface area contributed by atoms with E-state index in [4.69, 9.17) is 0 Å². The fraction of sp³-hybridized carbons (Fsp3) is 0. The first-order valence-corrected chi connectivity index (χ1v) is 23.5. The molecule has 15 aromatic rings. The van der Waals surface area contributed by atoms with E-state index in [0.717, 1.165) is 120 Å². The number of fused-ring (bicyclic) bond motifs is 16. The number of benzene rings is 11. The van der Waals surface area contributed by atoms with Crippen LogP contribution in [0.25, 0.3) is 136 Å². The lowest BCUT2D eigenvalue weighted by molar-refractivity contribution is 1.02. The number of hydrogen-bond donors (Lipinski definition) is 0. The Balaban J connectivity index is 1.34. The van der Waals surface area contributed by atoms with E-state index >= 15 is 0 Å². The van der Waals surface area contributed by atoms with Crippen molar-refractivity contribution in [2.24, 2.45) is 0 Å². The van der Waals surface area contributed by atoms with Crippen LogP contribution in [0, 0.1) is 17.9 Å². The van der Waals surface area contributed by atoms with Crippen molar-refractivity contribution in [3.63, 3.8) is 0 Å². The molecule has 0 aliphatic rings. The first-order valence-electron chi connectivity index (χ1n) is 23.5. The van der Waals surface area contributed by atoms with E-state index in [0.29, 0.717) is 11.4 Å². The van der Waals surface area contributed by atoms with Crippen molar-refractivity contribution in [1.82, 2.24) is 18.3 Å². The fourth-order valence-electron chi connectivity index (χ4n) is 12.0. The Hall–Kier alpha value is -9.88. The summed E-state index contributed by atoms with van der Waals surface area (Å²) in [6.07, 6.45) is 0. The second kappa shape index (κ2) is 14.3. The van der Waals surface area contributed by atoms with Crippen molar-refractivity contribution in [3.05, 3.63) is 235 Å². The second-order valence-electron chi connectivity index (χ2n) is 18.2. The van der Waals surface area contributed by atoms with Crippen LogP contribution in [-0.4, -0.2) is 18.3 Å². The number of rotatable bonds is 4. The van der Waals surface area contributed by atoms with Gasteiger partial charge in [0.1, 0.15) is 0 Å². The average Bonchev–Trinajstić information content (AvgIpc) is 4.15. The van der Waals surface area contributed by atoms with Gasteiger partial charge in [0, 0.05) is 53.9 Å². The van der Waals surface area contributed by atoms with E-state index < -0.39 is 0 Å². The van der Waals surface area contributed by atoms with Crippen LogP contribution >= 0.6 is 0 Å². The number of aromatic nitrogens is 4. The summed E-state index contributed by atoms with van der Waals surface area (Å²) in [5.74, 6) is 0. The maximum absolute atomic E-state index is 12.2. The van der Waals surface area contributed by atoms with E-state index in [9.17, 15) is 11.8 Å². The molecule has 11 aromatic carbocycles. The second-order valence-corrected chi connectivity index (χ2v) is 18.2. The molecule has 70 heavy (non-hydrogen) atoms. The molecule has 0 aliphatic carbocycles. The Labute approximate surface area is 400 Å². The molecule has 0 spiro atoms. The molecule has 0 saturated heterocycles. The fourth-order valence-corrected chi connectivity index (χ4v) is 12.0. The molecule has 15 rings (SSSR count). The smallest absolute Gasteiger partial charge is 0.232 e. The summed E-state index contributed by atoms with van der Waals surface area (Å²) < 4.78 is 9.40. The summed E-state index contributed by atoms with van der Waals surface area (Å²) >= 11 is 0. The summed E-state index contributed by atoms with van der Waals surface area (Å²) in [7, 11) is 0. The lowest BCUT2D eigenvalue weighted by Gasteiger charge is -2.28. The predicted octanol–water partition coefficient (Wildman–Crippen LogP) is 16.8.